The molecule has 2 N–H and O–H groups in total. The topological polar surface area (TPSA) is 119 Å². The number of aromatic nitrogens is 2. The van der Waals surface area contributed by atoms with E-state index in [-0.39, 0.29) is 17.3 Å². The zero-order valence-electron chi connectivity index (χ0n) is 23.3. The highest BCUT2D eigenvalue weighted by atomic mass is 32.2. The van der Waals surface area contributed by atoms with E-state index in [1.165, 1.54) is 21.5 Å². The first kappa shape index (κ1) is 29.0. The Morgan fingerprint density at radius 2 is 1.69 bits per heavy atom. The van der Waals surface area contributed by atoms with Crippen LogP contribution in [0, 0.1) is 0 Å². The third kappa shape index (κ3) is 6.37. The van der Waals surface area contributed by atoms with Crippen molar-refractivity contribution in [2.45, 2.75) is 37.2 Å². The molecule has 2 amide bonds. The third-order valence-electron chi connectivity index (χ3n) is 6.35. The fourth-order valence-electron chi connectivity index (χ4n) is 4.45. The predicted molar refractivity (Wildman–Crippen MR) is 164 cm³/mol. The van der Waals surface area contributed by atoms with Gasteiger partial charge in [-0.25, -0.2) is 22.2 Å². The molecule has 0 aliphatic rings. The summed E-state index contributed by atoms with van der Waals surface area (Å²) in [6.07, 6.45) is 2.47. The number of ether oxygens (including phenoxy) is 1. The van der Waals surface area contributed by atoms with Crippen molar-refractivity contribution in [1.29, 1.82) is 0 Å². The number of nitrogens with zero attached hydrogens (tertiary/aromatic N) is 2. The number of nitrogens with one attached hydrogen (secondary N) is 2. The van der Waals surface area contributed by atoms with Gasteiger partial charge in [0, 0.05) is 40.1 Å². The van der Waals surface area contributed by atoms with Crippen molar-refractivity contribution in [3.63, 3.8) is 0 Å². The summed E-state index contributed by atoms with van der Waals surface area (Å²) in [6.45, 7) is 5.37. The molecule has 1 unspecified atom stereocenters. The molecule has 2 aromatic carbocycles. The molecule has 3 heterocycles. The molecule has 11 heteroatoms. The third-order valence-corrected chi connectivity index (χ3v) is 9.00. The Kier molecular flexibility index (Phi) is 8.15. The second-order valence-corrected chi connectivity index (χ2v) is 13.3. The van der Waals surface area contributed by atoms with Crippen LogP contribution in [0.5, 0.6) is 0 Å². The molecule has 1 atom stereocenters. The molecular formula is C31H30N4O5S2. The maximum absolute atomic E-state index is 13.4. The van der Waals surface area contributed by atoms with Crippen LogP contribution in [-0.4, -0.2) is 41.5 Å². The molecule has 0 bridgehead atoms. The van der Waals surface area contributed by atoms with Crippen LogP contribution >= 0.6 is 11.3 Å². The second kappa shape index (κ2) is 11.8. The van der Waals surface area contributed by atoms with E-state index in [9.17, 15) is 18.0 Å². The monoisotopic (exact) mass is 602 g/mol. The van der Waals surface area contributed by atoms with E-state index in [1.807, 2.05) is 47.8 Å². The number of amides is 2. The summed E-state index contributed by atoms with van der Waals surface area (Å²) in [5, 5.41) is 8.16. The molecule has 3 aromatic heterocycles. The summed E-state index contributed by atoms with van der Waals surface area (Å²) in [5.74, 6) is -0.950. The van der Waals surface area contributed by atoms with Crippen molar-refractivity contribution in [1.82, 2.24) is 14.3 Å². The summed E-state index contributed by atoms with van der Waals surface area (Å²) >= 11 is 1.41. The van der Waals surface area contributed by atoms with Crippen LogP contribution in [0.4, 0.5) is 10.5 Å². The van der Waals surface area contributed by atoms with Crippen molar-refractivity contribution in [2.24, 2.45) is 0 Å². The fourth-order valence-corrected chi connectivity index (χ4v) is 6.65. The van der Waals surface area contributed by atoms with Gasteiger partial charge < -0.3 is 15.4 Å². The molecule has 0 spiro atoms. The van der Waals surface area contributed by atoms with Gasteiger partial charge >= 0.3 is 6.09 Å². The minimum Gasteiger partial charge on any atom is -0.444 e. The molecule has 0 radical (unpaired) electrons. The highest BCUT2D eigenvalue weighted by Crippen LogP contribution is 2.35. The standard InChI is InChI=1S/C31H30N4O5S2/c1-31(2,3)40-30(37)33-19-26(21-10-6-4-7-11-21)29(36)34-22-18-27(41-20-22)24-14-16-32-28-25(24)15-17-35(28)42(38,39)23-12-8-5-9-13-23/h4-18,20,26H,19H2,1-3H3,(H,33,37)(H,34,36). The molecule has 0 saturated heterocycles. The van der Waals surface area contributed by atoms with Crippen molar-refractivity contribution in [2.75, 3.05) is 11.9 Å². The maximum atomic E-state index is 13.4. The van der Waals surface area contributed by atoms with Crippen LogP contribution < -0.4 is 10.6 Å². The number of anilines is 1. The Hall–Kier alpha value is -4.48. The summed E-state index contributed by atoms with van der Waals surface area (Å²) in [5.41, 5.74) is 1.77. The number of hydrogen-bond donors (Lipinski definition) is 2. The van der Waals surface area contributed by atoms with Crippen LogP contribution in [0.3, 0.4) is 0 Å². The average Bonchev–Trinajstić information content (AvgIpc) is 3.61. The molecule has 9 nitrogen and oxygen atoms in total. The smallest absolute Gasteiger partial charge is 0.407 e. The number of carbonyl (C=O) groups is 2. The Balaban J connectivity index is 1.38. The van der Waals surface area contributed by atoms with Crippen molar-refractivity contribution >= 4 is 50.1 Å². The summed E-state index contributed by atoms with van der Waals surface area (Å²) in [6, 6.07) is 22.8. The zero-order chi connectivity index (χ0) is 29.9. The van der Waals surface area contributed by atoms with Crippen LogP contribution in [0.2, 0.25) is 0 Å². The van der Waals surface area contributed by atoms with Crippen LogP contribution in [0.1, 0.15) is 32.3 Å². The first-order valence-corrected chi connectivity index (χ1v) is 15.5. The zero-order valence-corrected chi connectivity index (χ0v) is 24.9. The minimum atomic E-state index is -3.83. The van der Waals surface area contributed by atoms with E-state index < -0.39 is 27.6 Å². The van der Waals surface area contributed by atoms with E-state index in [0.29, 0.717) is 16.7 Å². The maximum Gasteiger partial charge on any atom is 0.407 e. The first-order chi connectivity index (χ1) is 20.0. The van der Waals surface area contributed by atoms with Gasteiger partial charge in [-0.3, -0.25) is 4.79 Å². The summed E-state index contributed by atoms with van der Waals surface area (Å²) < 4.78 is 33.1. The number of rotatable bonds is 8. The van der Waals surface area contributed by atoms with Gasteiger partial charge in [-0.1, -0.05) is 48.5 Å². The molecular weight excluding hydrogens is 572 g/mol. The van der Waals surface area contributed by atoms with Crippen LogP contribution in [-0.2, 0) is 19.6 Å². The van der Waals surface area contributed by atoms with Crippen LogP contribution in [0.25, 0.3) is 21.5 Å². The van der Waals surface area contributed by atoms with E-state index in [1.54, 1.807) is 63.4 Å². The number of pyridine rings is 1. The van der Waals surface area contributed by atoms with Gasteiger partial charge in [-0.2, -0.15) is 0 Å². The first-order valence-electron chi connectivity index (χ1n) is 13.2. The number of thiophene rings is 1. The van der Waals surface area contributed by atoms with Gasteiger partial charge in [-0.05, 0) is 56.7 Å². The quantitative estimate of drug-likeness (QED) is 0.217. The number of benzene rings is 2. The fraction of sp³-hybridized carbons (Fsp3) is 0.194. The highest BCUT2D eigenvalue weighted by molar-refractivity contribution is 7.90. The molecule has 216 valence electrons. The van der Waals surface area contributed by atoms with Crippen molar-refractivity contribution in [3.8, 4) is 10.4 Å². The lowest BCUT2D eigenvalue weighted by Crippen LogP contribution is -2.37. The van der Waals surface area contributed by atoms with Gasteiger partial charge in [0.05, 0.1) is 16.5 Å². The van der Waals surface area contributed by atoms with Gasteiger partial charge in [0.25, 0.3) is 10.0 Å². The predicted octanol–water partition coefficient (Wildman–Crippen LogP) is 6.25. The van der Waals surface area contributed by atoms with Crippen LogP contribution in [0.15, 0.2) is 102 Å². The highest BCUT2D eigenvalue weighted by Gasteiger charge is 2.25. The Morgan fingerprint density at radius 3 is 2.38 bits per heavy atom. The molecule has 0 saturated carbocycles. The largest absolute Gasteiger partial charge is 0.444 e. The lowest BCUT2D eigenvalue weighted by Gasteiger charge is -2.22. The van der Waals surface area contributed by atoms with Crippen molar-refractivity contribution in [3.05, 3.63) is 102 Å². The molecule has 42 heavy (non-hydrogen) atoms. The second-order valence-electron chi connectivity index (χ2n) is 10.6. The number of carbonyl (C=O) groups excluding carboxylic acids is 2. The molecule has 0 fully saturated rings. The van der Waals surface area contributed by atoms with E-state index in [2.05, 4.69) is 15.6 Å². The normalized spacial score (nSPS) is 12.5. The van der Waals surface area contributed by atoms with Crippen molar-refractivity contribution < 1.29 is 22.7 Å². The lowest BCUT2D eigenvalue weighted by molar-refractivity contribution is -0.117. The minimum absolute atomic E-state index is 0.0517. The Labute approximate surface area is 248 Å². The Morgan fingerprint density at radius 1 is 1.00 bits per heavy atom. The number of fused-ring (bicyclic) bond motifs is 1. The van der Waals surface area contributed by atoms with Gasteiger partial charge in [0.15, 0.2) is 5.65 Å². The number of hydrogen-bond acceptors (Lipinski definition) is 7. The summed E-state index contributed by atoms with van der Waals surface area (Å²) in [4.78, 5) is 31.1. The van der Waals surface area contributed by atoms with E-state index >= 15 is 0 Å². The SMILES string of the molecule is CC(C)(C)OC(=O)NCC(C(=O)Nc1csc(-c2ccnc3c2ccn3S(=O)(=O)c2ccccc2)c1)c1ccccc1. The average molecular weight is 603 g/mol. The molecule has 5 rings (SSSR count). The molecule has 5 aromatic rings. The van der Waals surface area contributed by atoms with Gasteiger partial charge in [0.2, 0.25) is 5.91 Å². The summed E-state index contributed by atoms with van der Waals surface area (Å²) in [7, 11) is -3.83. The Bertz CT molecular complexity index is 1830. The lowest BCUT2D eigenvalue weighted by atomic mass is 9.98. The van der Waals surface area contributed by atoms with Gasteiger partial charge in [0.1, 0.15) is 5.60 Å². The molecule has 0 aliphatic heterocycles. The van der Waals surface area contributed by atoms with Gasteiger partial charge in [-0.15, -0.1) is 11.3 Å². The van der Waals surface area contributed by atoms with E-state index in [0.717, 1.165) is 16.0 Å². The molecule has 0 aliphatic carbocycles. The van der Waals surface area contributed by atoms with E-state index in [4.69, 9.17) is 4.74 Å². The number of alkyl carbamates (subject to hydrolysis) is 1.